The van der Waals surface area contributed by atoms with Crippen molar-refractivity contribution in [1.82, 2.24) is 0 Å². The summed E-state index contributed by atoms with van der Waals surface area (Å²) in [6.07, 6.45) is 6.83. The Morgan fingerprint density at radius 2 is 2.18 bits per heavy atom. The zero-order valence-corrected chi connectivity index (χ0v) is 7.18. The largest absolute Gasteiger partial charge is 0.381 e. The van der Waals surface area contributed by atoms with Gasteiger partial charge in [-0.2, -0.15) is 0 Å². The molecule has 0 unspecified atom stereocenters. The van der Waals surface area contributed by atoms with Gasteiger partial charge in [-0.1, -0.05) is 11.6 Å². The molecule has 0 aromatic rings. The van der Waals surface area contributed by atoms with Crippen molar-refractivity contribution in [3.8, 4) is 0 Å². The van der Waals surface area contributed by atoms with Crippen LogP contribution in [0.25, 0.3) is 0 Å². The van der Waals surface area contributed by atoms with Crippen LogP contribution in [0.1, 0.15) is 25.7 Å². The van der Waals surface area contributed by atoms with Crippen molar-refractivity contribution in [3.05, 3.63) is 11.6 Å². The number of rotatable bonds is 2. The maximum Gasteiger partial charge on any atom is 0.0646 e. The lowest BCUT2D eigenvalue weighted by atomic mass is 9.91. The predicted molar refractivity (Wildman–Crippen MR) is 46.4 cm³/mol. The molecule has 64 valence electrons. The fourth-order valence-corrected chi connectivity index (χ4v) is 1.42. The van der Waals surface area contributed by atoms with Crippen molar-refractivity contribution >= 4 is 0 Å². The summed E-state index contributed by atoms with van der Waals surface area (Å²) < 4.78 is 4.96. The van der Waals surface area contributed by atoms with Gasteiger partial charge >= 0.3 is 0 Å². The van der Waals surface area contributed by atoms with E-state index >= 15 is 0 Å². The van der Waals surface area contributed by atoms with Crippen molar-refractivity contribution in [1.29, 1.82) is 0 Å². The van der Waals surface area contributed by atoms with E-state index in [1.54, 1.807) is 7.11 Å². The molecule has 0 saturated heterocycles. The normalized spacial score (nSPS) is 25.3. The van der Waals surface area contributed by atoms with E-state index in [-0.39, 0.29) is 0 Å². The summed E-state index contributed by atoms with van der Waals surface area (Å²) in [6.45, 7) is 0.755. The summed E-state index contributed by atoms with van der Waals surface area (Å²) in [7, 11) is 1.73. The molecule has 0 spiro atoms. The van der Waals surface area contributed by atoms with Gasteiger partial charge < -0.3 is 10.5 Å². The second-order valence-electron chi connectivity index (χ2n) is 3.16. The lowest BCUT2D eigenvalue weighted by molar-refractivity contribution is 0.232. The number of hydrogen-bond acceptors (Lipinski definition) is 2. The van der Waals surface area contributed by atoms with Crippen molar-refractivity contribution in [2.45, 2.75) is 31.7 Å². The molecule has 1 aliphatic rings. The van der Waals surface area contributed by atoms with Gasteiger partial charge in [0.15, 0.2) is 0 Å². The van der Waals surface area contributed by atoms with Gasteiger partial charge in [0.05, 0.1) is 6.61 Å². The molecule has 0 aromatic carbocycles. The molecule has 0 bridgehead atoms. The zero-order chi connectivity index (χ0) is 8.10. The first-order valence-electron chi connectivity index (χ1n) is 4.25. The van der Waals surface area contributed by atoms with Crippen molar-refractivity contribution in [3.63, 3.8) is 0 Å². The Bertz CT molecular complexity index is 132. The van der Waals surface area contributed by atoms with E-state index < -0.39 is 0 Å². The molecule has 1 aliphatic carbocycles. The monoisotopic (exact) mass is 155 g/mol. The van der Waals surface area contributed by atoms with Crippen LogP contribution in [0.4, 0.5) is 0 Å². The third-order valence-electron chi connectivity index (χ3n) is 2.21. The molecule has 0 amide bonds. The van der Waals surface area contributed by atoms with E-state index in [0.717, 1.165) is 19.4 Å². The highest BCUT2D eigenvalue weighted by Gasteiger charge is 2.11. The summed E-state index contributed by atoms with van der Waals surface area (Å²) in [4.78, 5) is 0. The lowest BCUT2D eigenvalue weighted by Gasteiger charge is -2.19. The number of hydrogen-bond donors (Lipinski definition) is 1. The second kappa shape index (κ2) is 4.52. The van der Waals surface area contributed by atoms with Gasteiger partial charge in [0.2, 0.25) is 0 Å². The fourth-order valence-electron chi connectivity index (χ4n) is 1.42. The molecule has 11 heavy (non-hydrogen) atoms. The first-order chi connectivity index (χ1) is 5.33. The highest BCUT2D eigenvalue weighted by atomic mass is 16.5. The Labute approximate surface area is 68.4 Å². The highest BCUT2D eigenvalue weighted by molar-refractivity contribution is 5.05. The molecular weight excluding hydrogens is 138 g/mol. The summed E-state index contributed by atoms with van der Waals surface area (Å²) in [5.74, 6) is 0. The van der Waals surface area contributed by atoms with E-state index in [0.29, 0.717) is 6.04 Å². The van der Waals surface area contributed by atoms with Crippen molar-refractivity contribution in [2.24, 2.45) is 5.73 Å². The molecular formula is C9H17NO. The van der Waals surface area contributed by atoms with Crippen LogP contribution in [0, 0.1) is 0 Å². The Kier molecular flexibility index (Phi) is 3.60. The first-order valence-corrected chi connectivity index (χ1v) is 4.25. The SMILES string of the molecule is COCC=C1CCC(N)CC1. The van der Waals surface area contributed by atoms with Crippen LogP contribution < -0.4 is 5.73 Å². The third kappa shape index (κ3) is 3.04. The van der Waals surface area contributed by atoms with Crippen LogP contribution in [-0.2, 0) is 4.74 Å². The van der Waals surface area contributed by atoms with Gasteiger partial charge in [-0.15, -0.1) is 0 Å². The number of ether oxygens (including phenoxy) is 1. The molecule has 0 aliphatic heterocycles. The van der Waals surface area contributed by atoms with E-state index in [1.165, 1.54) is 18.4 Å². The van der Waals surface area contributed by atoms with Gasteiger partial charge in [-0.3, -0.25) is 0 Å². The standard InChI is InChI=1S/C9H17NO/c1-11-7-6-8-2-4-9(10)5-3-8/h6,9H,2-5,7,10H2,1H3. The zero-order valence-electron chi connectivity index (χ0n) is 7.18. The minimum atomic E-state index is 0.440. The highest BCUT2D eigenvalue weighted by Crippen LogP contribution is 2.21. The van der Waals surface area contributed by atoms with Crippen molar-refractivity contribution < 1.29 is 4.74 Å². The van der Waals surface area contributed by atoms with Gasteiger partial charge in [0.25, 0.3) is 0 Å². The summed E-state index contributed by atoms with van der Waals surface area (Å²) in [5.41, 5.74) is 7.29. The van der Waals surface area contributed by atoms with Gasteiger partial charge in [0, 0.05) is 13.2 Å². The minimum Gasteiger partial charge on any atom is -0.381 e. The Hall–Kier alpha value is -0.340. The van der Waals surface area contributed by atoms with Crippen LogP contribution in [0.2, 0.25) is 0 Å². The Morgan fingerprint density at radius 1 is 1.55 bits per heavy atom. The molecule has 1 rings (SSSR count). The van der Waals surface area contributed by atoms with Crippen LogP contribution >= 0.6 is 0 Å². The third-order valence-corrected chi connectivity index (χ3v) is 2.21. The molecule has 2 N–H and O–H groups in total. The van der Waals surface area contributed by atoms with E-state index in [4.69, 9.17) is 10.5 Å². The van der Waals surface area contributed by atoms with E-state index in [2.05, 4.69) is 6.08 Å². The number of allylic oxidation sites excluding steroid dienone is 1. The maximum atomic E-state index is 5.77. The molecule has 1 fully saturated rings. The smallest absolute Gasteiger partial charge is 0.0646 e. The van der Waals surface area contributed by atoms with Crippen molar-refractivity contribution in [2.75, 3.05) is 13.7 Å². The molecule has 0 heterocycles. The molecule has 0 radical (unpaired) electrons. The molecule has 1 saturated carbocycles. The number of nitrogens with two attached hydrogens (primary N) is 1. The molecule has 0 atom stereocenters. The fraction of sp³-hybridized carbons (Fsp3) is 0.778. The average molecular weight is 155 g/mol. The summed E-state index contributed by atoms with van der Waals surface area (Å²) >= 11 is 0. The minimum absolute atomic E-state index is 0.440. The Morgan fingerprint density at radius 3 is 2.73 bits per heavy atom. The average Bonchev–Trinajstić information content (AvgIpc) is 2.04. The van der Waals surface area contributed by atoms with Crippen LogP contribution in [0.15, 0.2) is 11.6 Å². The predicted octanol–water partition coefficient (Wildman–Crippen LogP) is 1.46. The van der Waals surface area contributed by atoms with E-state index in [1.807, 2.05) is 0 Å². The lowest BCUT2D eigenvalue weighted by Crippen LogP contribution is -2.23. The van der Waals surface area contributed by atoms with E-state index in [9.17, 15) is 0 Å². The number of methoxy groups -OCH3 is 1. The Balaban J connectivity index is 2.26. The maximum absolute atomic E-state index is 5.77. The topological polar surface area (TPSA) is 35.2 Å². The molecule has 2 heteroatoms. The summed E-state index contributed by atoms with van der Waals surface area (Å²) in [6, 6.07) is 0.440. The molecule has 0 aromatic heterocycles. The van der Waals surface area contributed by atoms with Crippen LogP contribution in [0.5, 0.6) is 0 Å². The molecule has 2 nitrogen and oxygen atoms in total. The van der Waals surface area contributed by atoms with Gasteiger partial charge in [0.1, 0.15) is 0 Å². The van der Waals surface area contributed by atoms with Gasteiger partial charge in [-0.05, 0) is 25.7 Å². The van der Waals surface area contributed by atoms with Crippen LogP contribution in [0.3, 0.4) is 0 Å². The van der Waals surface area contributed by atoms with Crippen LogP contribution in [-0.4, -0.2) is 19.8 Å². The quantitative estimate of drug-likeness (QED) is 0.613. The summed E-state index contributed by atoms with van der Waals surface area (Å²) in [5, 5.41) is 0. The second-order valence-corrected chi connectivity index (χ2v) is 3.16. The first kappa shape index (κ1) is 8.75. The van der Waals surface area contributed by atoms with Gasteiger partial charge in [-0.25, -0.2) is 0 Å².